The lowest BCUT2D eigenvalue weighted by molar-refractivity contribution is 0.101. The third kappa shape index (κ3) is 3.96. The molecule has 2 heterocycles. The van der Waals surface area contributed by atoms with Crippen molar-refractivity contribution in [2.45, 2.75) is 20.3 Å². The summed E-state index contributed by atoms with van der Waals surface area (Å²) in [4.78, 5) is 20.3. The zero-order chi connectivity index (χ0) is 20.4. The summed E-state index contributed by atoms with van der Waals surface area (Å²) < 4.78 is 7.92. The van der Waals surface area contributed by atoms with E-state index in [0.717, 1.165) is 29.1 Å². The third-order valence-electron chi connectivity index (χ3n) is 4.80. The van der Waals surface area contributed by atoms with E-state index in [2.05, 4.69) is 41.5 Å². The van der Waals surface area contributed by atoms with Crippen LogP contribution in [-0.4, -0.2) is 20.3 Å². The molecule has 0 aliphatic carbocycles. The minimum absolute atomic E-state index is 0.0988. The van der Waals surface area contributed by atoms with Crippen LogP contribution in [0.25, 0.3) is 11.0 Å². The number of nitrogens with one attached hydrogen (secondary N) is 1. The fourth-order valence-electron chi connectivity index (χ4n) is 3.11. The number of benzene rings is 2. The Morgan fingerprint density at radius 2 is 1.83 bits per heavy atom. The molecule has 29 heavy (non-hydrogen) atoms. The molecule has 0 spiro atoms. The van der Waals surface area contributed by atoms with Gasteiger partial charge in [-0.05, 0) is 42.3 Å². The highest BCUT2D eigenvalue weighted by Crippen LogP contribution is 2.28. The van der Waals surface area contributed by atoms with Gasteiger partial charge in [-0.3, -0.25) is 9.78 Å². The molecule has 0 saturated heterocycles. The van der Waals surface area contributed by atoms with Crippen molar-refractivity contribution in [2.75, 3.05) is 5.32 Å². The lowest BCUT2D eigenvalue weighted by atomic mass is 10.1. The number of fused-ring (bicyclic) bond motifs is 1. The zero-order valence-electron chi connectivity index (χ0n) is 16.6. The highest BCUT2D eigenvalue weighted by Gasteiger charge is 2.10. The Morgan fingerprint density at radius 3 is 2.55 bits per heavy atom. The molecule has 1 N–H and O–H groups in total. The molecule has 6 nitrogen and oxygen atoms in total. The Morgan fingerprint density at radius 1 is 1.07 bits per heavy atom. The van der Waals surface area contributed by atoms with Crippen LogP contribution < -0.4 is 10.1 Å². The Bertz CT molecular complexity index is 1180. The second kappa shape index (κ2) is 7.75. The molecule has 146 valence electrons. The van der Waals surface area contributed by atoms with Crippen molar-refractivity contribution in [2.24, 2.45) is 7.05 Å². The van der Waals surface area contributed by atoms with Gasteiger partial charge >= 0.3 is 0 Å². The number of aromatic nitrogens is 3. The van der Waals surface area contributed by atoms with Crippen LogP contribution in [0.2, 0.25) is 0 Å². The van der Waals surface area contributed by atoms with Crippen LogP contribution >= 0.6 is 0 Å². The molecule has 4 rings (SSSR count). The van der Waals surface area contributed by atoms with Crippen molar-refractivity contribution < 1.29 is 9.53 Å². The number of carbonyl (C=O) groups excluding carboxylic acids is 1. The first-order chi connectivity index (χ1) is 14.0. The maximum absolute atomic E-state index is 11.5. The minimum atomic E-state index is -0.0988. The van der Waals surface area contributed by atoms with Crippen molar-refractivity contribution in [1.29, 1.82) is 0 Å². The van der Waals surface area contributed by atoms with Crippen molar-refractivity contribution in [3.63, 3.8) is 0 Å². The maximum Gasteiger partial charge on any atom is 0.208 e. The quantitative estimate of drug-likeness (QED) is 0.457. The predicted octanol–water partition coefficient (Wildman–Crippen LogP) is 5.27. The second-order valence-corrected chi connectivity index (χ2v) is 6.86. The topological polar surface area (TPSA) is 69.0 Å². The molecule has 0 amide bonds. The summed E-state index contributed by atoms with van der Waals surface area (Å²) in [6.07, 6.45) is 2.58. The number of carbonyl (C=O) groups is 1. The maximum atomic E-state index is 11.5. The Kier molecular flexibility index (Phi) is 4.99. The Labute approximate surface area is 169 Å². The van der Waals surface area contributed by atoms with Gasteiger partial charge < -0.3 is 14.6 Å². The zero-order valence-corrected chi connectivity index (χ0v) is 16.6. The van der Waals surface area contributed by atoms with E-state index in [4.69, 9.17) is 9.72 Å². The van der Waals surface area contributed by atoms with Gasteiger partial charge in [0, 0.05) is 38.0 Å². The van der Waals surface area contributed by atoms with Crippen molar-refractivity contribution >= 4 is 28.5 Å². The molecule has 0 aliphatic rings. The predicted molar refractivity (Wildman–Crippen MR) is 114 cm³/mol. The first kappa shape index (κ1) is 18.7. The van der Waals surface area contributed by atoms with Gasteiger partial charge in [0.25, 0.3) is 0 Å². The number of pyridine rings is 1. The molecule has 0 fully saturated rings. The number of ether oxygens (including phenoxy) is 1. The number of rotatable bonds is 6. The van der Waals surface area contributed by atoms with Gasteiger partial charge in [0.05, 0.1) is 11.0 Å². The summed E-state index contributed by atoms with van der Waals surface area (Å²) in [5, 5.41) is 3.37. The molecule has 2 aromatic carbocycles. The van der Waals surface area contributed by atoms with Gasteiger partial charge in [-0.15, -0.1) is 0 Å². The number of Topliss-reactive ketones (excluding diaryl/α,β-unsaturated/α-hetero) is 1. The number of imidazole rings is 1. The summed E-state index contributed by atoms with van der Waals surface area (Å²) >= 11 is 0. The minimum Gasteiger partial charge on any atom is -0.457 e. The van der Waals surface area contributed by atoms with Crippen LogP contribution in [0.4, 0.5) is 11.6 Å². The van der Waals surface area contributed by atoms with Crippen LogP contribution in [0.5, 0.6) is 11.5 Å². The molecule has 0 atom stereocenters. The van der Waals surface area contributed by atoms with Gasteiger partial charge in [0.1, 0.15) is 17.2 Å². The third-order valence-corrected chi connectivity index (χ3v) is 4.80. The second-order valence-electron chi connectivity index (χ2n) is 6.86. The van der Waals surface area contributed by atoms with Crippen molar-refractivity contribution in [3.8, 4) is 11.5 Å². The molecular formula is C23H22N4O2. The van der Waals surface area contributed by atoms with E-state index in [1.165, 1.54) is 12.5 Å². The number of hydrogen-bond acceptors (Lipinski definition) is 5. The van der Waals surface area contributed by atoms with E-state index < -0.39 is 0 Å². The monoisotopic (exact) mass is 386 g/mol. The molecule has 0 saturated carbocycles. The normalized spacial score (nSPS) is 10.9. The van der Waals surface area contributed by atoms with E-state index in [1.54, 1.807) is 18.3 Å². The summed E-state index contributed by atoms with van der Waals surface area (Å²) in [5.41, 5.74) is 4.47. The lowest BCUT2D eigenvalue weighted by Gasteiger charge is -2.07. The number of hydrogen-bond donors (Lipinski definition) is 1. The first-order valence-electron chi connectivity index (χ1n) is 9.51. The van der Waals surface area contributed by atoms with E-state index in [0.29, 0.717) is 17.2 Å². The fourth-order valence-corrected chi connectivity index (χ4v) is 3.11. The molecule has 6 heteroatoms. The standard InChI is InChI=1S/C23H22N4O2/c1-4-16-5-7-17(8-6-16)25-23-26-21-14-18(9-10-22(21)27(23)3)29-19-11-12-24-20(13-19)15(2)28/h5-14H,4H2,1-3H3,(H,25,26). The van der Waals surface area contributed by atoms with Crippen LogP contribution in [0.3, 0.4) is 0 Å². The molecule has 0 unspecified atom stereocenters. The van der Waals surface area contributed by atoms with Crippen molar-refractivity contribution in [3.05, 3.63) is 72.1 Å². The highest BCUT2D eigenvalue weighted by atomic mass is 16.5. The van der Waals surface area contributed by atoms with E-state index in [1.807, 2.05) is 29.8 Å². The van der Waals surface area contributed by atoms with Gasteiger partial charge in [0.15, 0.2) is 5.78 Å². The molecule has 0 radical (unpaired) electrons. The Balaban J connectivity index is 1.59. The van der Waals surface area contributed by atoms with Gasteiger partial charge in [-0.2, -0.15) is 0 Å². The molecule has 0 bridgehead atoms. The average Bonchev–Trinajstić information content (AvgIpc) is 3.03. The summed E-state index contributed by atoms with van der Waals surface area (Å²) in [6, 6.07) is 17.4. The van der Waals surface area contributed by atoms with E-state index >= 15 is 0 Å². The highest BCUT2D eigenvalue weighted by molar-refractivity contribution is 5.92. The van der Waals surface area contributed by atoms with Crippen LogP contribution in [0, 0.1) is 0 Å². The lowest BCUT2D eigenvalue weighted by Crippen LogP contribution is -1.99. The van der Waals surface area contributed by atoms with Gasteiger partial charge in [0.2, 0.25) is 5.95 Å². The number of ketones is 1. The number of nitrogens with zero attached hydrogens (tertiary/aromatic N) is 3. The largest absolute Gasteiger partial charge is 0.457 e. The number of aryl methyl sites for hydroxylation is 2. The first-order valence-corrected chi connectivity index (χ1v) is 9.51. The van der Waals surface area contributed by atoms with E-state index in [9.17, 15) is 4.79 Å². The smallest absolute Gasteiger partial charge is 0.208 e. The van der Waals surface area contributed by atoms with Gasteiger partial charge in [-0.1, -0.05) is 19.1 Å². The van der Waals surface area contributed by atoms with Crippen LogP contribution in [0.1, 0.15) is 29.9 Å². The fraction of sp³-hybridized carbons (Fsp3) is 0.174. The average molecular weight is 386 g/mol. The van der Waals surface area contributed by atoms with E-state index in [-0.39, 0.29) is 5.78 Å². The number of anilines is 2. The van der Waals surface area contributed by atoms with Gasteiger partial charge in [-0.25, -0.2) is 4.98 Å². The molecule has 4 aromatic rings. The summed E-state index contributed by atoms with van der Waals surface area (Å²) in [6.45, 7) is 3.62. The summed E-state index contributed by atoms with van der Waals surface area (Å²) in [5.74, 6) is 1.87. The molecular weight excluding hydrogens is 364 g/mol. The van der Waals surface area contributed by atoms with Crippen molar-refractivity contribution in [1.82, 2.24) is 14.5 Å². The Hall–Kier alpha value is -3.67. The molecule has 0 aliphatic heterocycles. The SMILES string of the molecule is CCc1ccc(Nc2nc3cc(Oc4ccnc(C(C)=O)c4)ccc3n2C)cc1. The summed E-state index contributed by atoms with van der Waals surface area (Å²) in [7, 11) is 1.97. The molecule has 2 aromatic heterocycles. The van der Waals surface area contributed by atoms with Crippen LogP contribution in [0.15, 0.2) is 60.8 Å². The van der Waals surface area contributed by atoms with Crippen LogP contribution in [-0.2, 0) is 13.5 Å².